The number of rotatable bonds is 1. The Morgan fingerprint density at radius 2 is 2.07 bits per heavy atom. The lowest BCUT2D eigenvalue weighted by Gasteiger charge is -2.33. The van der Waals surface area contributed by atoms with Gasteiger partial charge < -0.3 is 15.4 Å². The normalized spacial score (nSPS) is 26.9. The maximum atomic E-state index is 11.7. The van der Waals surface area contributed by atoms with E-state index in [1.165, 1.54) is 0 Å². The Kier molecular flexibility index (Phi) is 2.98. The van der Waals surface area contributed by atoms with Crippen LogP contribution in [0.15, 0.2) is 0 Å². The van der Waals surface area contributed by atoms with Crippen LogP contribution >= 0.6 is 0 Å². The Balaban J connectivity index is 1.96. The molecule has 1 amide bonds. The summed E-state index contributed by atoms with van der Waals surface area (Å²) in [5.74, 6) is 0.0957. The van der Waals surface area contributed by atoms with Gasteiger partial charge in [-0.2, -0.15) is 0 Å². The van der Waals surface area contributed by atoms with Gasteiger partial charge in [0.05, 0.1) is 6.04 Å². The minimum absolute atomic E-state index is 0.0957. The average Bonchev–Trinajstić information content (AvgIpc) is 2.62. The summed E-state index contributed by atoms with van der Waals surface area (Å²) in [6.07, 6.45) is 3.31. The van der Waals surface area contributed by atoms with Gasteiger partial charge in [-0.15, -0.1) is 0 Å². The molecule has 4 heteroatoms. The molecule has 4 nitrogen and oxygen atoms in total. The van der Waals surface area contributed by atoms with Crippen molar-refractivity contribution < 1.29 is 9.53 Å². The van der Waals surface area contributed by atoms with Gasteiger partial charge >= 0.3 is 0 Å². The smallest absolute Gasteiger partial charge is 0.239 e. The van der Waals surface area contributed by atoms with E-state index in [4.69, 9.17) is 10.5 Å². The van der Waals surface area contributed by atoms with E-state index >= 15 is 0 Å². The number of carbonyl (C=O) groups is 1. The molecule has 1 spiro atoms. The highest BCUT2D eigenvalue weighted by molar-refractivity contribution is 5.81. The highest BCUT2D eigenvalue weighted by atomic mass is 16.5. The molecule has 15 heavy (non-hydrogen) atoms. The van der Waals surface area contributed by atoms with Crippen LogP contribution in [-0.2, 0) is 9.53 Å². The Morgan fingerprint density at radius 1 is 1.40 bits per heavy atom. The molecule has 2 saturated heterocycles. The summed E-state index contributed by atoms with van der Waals surface area (Å²) in [6, 6.07) is -0.361. The first-order valence-corrected chi connectivity index (χ1v) is 5.75. The molecule has 0 radical (unpaired) electrons. The molecule has 2 rings (SSSR count). The van der Waals surface area contributed by atoms with Gasteiger partial charge in [0.15, 0.2) is 0 Å². The van der Waals surface area contributed by atoms with Crippen LogP contribution in [0.3, 0.4) is 0 Å². The lowest BCUT2D eigenvalue weighted by atomic mass is 9.80. The summed E-state index contributed by atoms with van der Waals surface area (Å²) in [4.78, 5) is 13.7. The molecular weight excluding hydrogens is 192 g/mol. The number of hydrogen-bond donors (Lipinski definition) is 1. The van der Waals surface area contributed by atoms with E-state index in [0.29, 0.717) is 5.41 Å². The van der Waals surface area contributed by atoms with Crippen LogP contribution in [-0.4, -0.2) is 43.2 Å². The monoisotopic (exact) mass is 212 g/mol. The maximum Gasteiger partial charge on any atom is 0.239 e. The molecule has 2 N–H and O–H groups in total. The zero-order valence-corrected chi connectivity index (χ0v) is 9.37. The first kappa shape index (κ1) is 10.9. The third kappa shape index (κ3) is 2.16. The van der Waals surface area contributed by atoms with E-state index in [2.05, 4.69) is 0 Å². The van der Waals surface area contributed by atoms with Gasteiger partial charge in [0.1, 0.15) is 0 Å². The molecule has 1 atom stereocenters. The van der Waals surface area contributed by atoms with Crippen molar-refractivity contribution in [2.75, 3.05) is 26.3 Å². The van der Waals surface area contributed by atoms with Crippen molar-refractivity contribution in [3.63, 3.8) is 0 Å². The molecule has 2 aliphatic rings. The second-order valence-corrected chi connectivity index (χ2v) is 4.91. The standard InChI is InChI=1S/C11H20N2O2/c1-9(12)10(14)13-5-2-11(8-13)3-6-15-7-4-11/h9H,2-8,12H2,1H3/t9-/m0/s1. The second kappa shape index (κ2) is 4.10. The summed E-state index contributed by atoms with van der Waals surface area (Å²) < 4.78 is 5.37. The largest absolute Gasteiger partial charge is 0.381 e. The summed E-state index contributed by atoms with van der Waals surface area (Å²) in [6.45, 7) is 5.22. The molecule has 0 aliphatic carbocycles. The Hall–Kier alpha value is -0.610. The SMILES string of the molecule is C[C@H](N)C(=O)N1CCC2(CCOCC2)C1. The van der Waals surface area contributed by atoms with Gasteiger partial charge in [-0.05, 0) is 31.6 Å². The highest BCUT2D eigenvalue weighted by Crippen LogP contribution is 2.39. The third-order valence-corrected chi connectivity index (χ3v) is 3.69. The van der Waals surface area contributed by atoms with E-state index in [1.54, 1.807) is 6.92 Å². The molecule has 2 aliphatic heterocycles. The number of hydrogen-bond acceptors (Lipinski definition) is 3. The van der Waals surface area contributed by atoms with Crippen LogP contribution in [0, 0.1) is 5.41 Å². The summed E-state index contributed by atoms with van der Waals surface area (Å²) >= 11 is 0. The van der Waals surface area contributed by atoms with Gasteiger partial charge in [-0.25, -0.2) is 0 Å². The third-order valence-electron chi connectivity index (χ3n) is 3.69. The van der Waals surface area contributed by atoms with Gasteiger partial charge in [0.25, 0.3) is 0 Å². The number of ether oxygens (including phenoxy) is 1. The predicted molar refractivity (Wildman–Crippen MR) is 57.3 cm³/mol. The van der Waals surface area contributed by atoms with E-state index in [9.17, 15) is 4.79 Å². The summed E-state index contributed by atoms with van der Waals surface area (Å²) in [7, 11) is 0. The number of amides is 1. The fourth-order valence-electron chi connectivity index (χ4n) is 2.62. The van der Waals surface area contributed by atoms with Crippen molar-refractivity contribution in [1.29, 1.82) is 0 Å². The van der Waals surface area contributed by atoms with E-state index in [-0.39, 0.29) is 11.9 Å². The van der Waals surface area contributed by atoms with Crippen LogP contribution in [0.1, 0.15) is 26.2 Å². The molecule has 2 heterocycles. The van der Waals surface area contributed by atoms with E-state index in [1.807, 2.05) is 4.90 Å². The number of likely N-dealkylation sites (tertiary alicyclic amines) is 1. The second-order valence-electron chi connectivity index (χ2n) is 4.91. The predicted octanol–water partition coefficient (Wildman–Crippen LogP) is 0.363. The van der Waals surface area contributed by atoms with Crippen LogP contribution in [0.25, 0.3) is 0 Å². The van der Waals surface area contributed by atoms with Gasteiger partial charge in [-0.3, -0.25) is 4.79 Å². The quantitative estimate of drug-likeness (QED) is 0.683. The van der Waals surface area contributed by atoms with Gasteiger partial charge in [0, 0.05) is 26.3 Å². The minimum atomic E-state index is -0.361. The average molecular weight is 212 g/mol. The van der Waals surface area contributed by atoms with Crippen molar-refractivity contribution in [2.45, 2.75) is 32.2 Å². The van der Waals surface area contributed by atoms with E-state index in [0.717, 1.165) is 45.6 Å². The molecule has 0 unspecified atom stereocenters. The molecule has 0 aromatic carbocycles. The number of nitrogens with zero attached hydrogens (tertiary/aromatic N) is 1. The van der Waals surface area contributed by atoms with Crippen molar-refractivity contribution >= 4 is 5.91 Å². The topological polar surface area (TPSA) is 55.6 Å². The van der Waals surface area contributed by atoms with Crippen LogP contribution in [0.4, 0.5) is 0 Å². The van der Waals surface area contributed by atoms with Crippen molar-refractivity contribution in [1.82, 2.24) is 4.90 Å². The molecule has 0 saturated carbocycles. The molecule has 86 valence electrons. The highest BCUT2D eigenvalue weighted by Gasteiger charge is 2.41. The molecule has 0 bridgehead atoms. The molecular formula is C11H20N2O2. The number of nitrogens with two attached hydrogens (primary N) is 1. The molecule has 0 aromatic rings. The minimum Gasteiger partial charge on any atom is -0.381 e. The Labute approximate surface area is 90.8 Å². The lowest BCUT2D eigenvalue weighted by molar-refractivity contribution is -0.131. The molecule has 2 fully saturated rings. The van der Waals surface area contributed by atoms with Crippen LogP contribution in [0.2, 0.25) is 0 Å². The summed E-state index contributed by atoms with van der Waals surface area (Å²) in [5.41, 5.74) is 5.95. The Morgan fingerprint density at radius 3 is 2.67 bits per heavy atom. The van der Waals surface area contributed by atoms with Crippen molar-refractivity contribution in [2.24, 2.45) is 11.1 Å². The van der Waals surface area contributed by atoms with Crippen molar-refractivity contribution in [3.8, 4) is 0 Å². The first-order valence-electron chi connectivity index (χ1n) is 5.75. The van der Waals surface area contributed by atoms with E-state index < -0.39 is 0 Å². The van der Waals surface area contributed by atoms with Gasteiger partial charge in [-0.1, -0.05) is 0 Å². The fraction of sp³-hybridized carbons (Fsp3) is 0.909. The fourth-order valence-corrected chi connectivity index (χ4v) is 2.62. The lowest BCUT2D eigenvalue weighted by Crippen LogP contribution is -2.42. The number of carbonyl (C=O) groups excluding carboxylic acids is 1. The zero-order valence-electron chi connectivity index (χ0n) is 9.37. The van der Waals surface area contributed by atoms with Crippen molar-refractivity contribution in [3.05, 3.63) is 0 Å². The Bertz CT molecular complexity index is 247. The maximum absolute atomic E-state index is 11.7. The zero-order chi connectivity index (χ0) is 10.9. The van der Waals surface area contributed by atoms with Gasteiger partial charge in [0.2, 0.25) is 5.91 Å². The molecule has 0 aromatic heterocycles. The van der Waals surface area contributed by atoms with Crippen LogP contribution in [0.5, 0.6) is 0 Å². The first-order chi connectivity index (χ1) is 7.13. The van der Waals surface area contributed by atoms with Crippen LogP contribution < -0.4 is 5.73 Å². The summed E-state index contributed by atoms with van der Waals surface area (Å²) in [5, 5.41) is 0.